The summed E-state index contributed by atoms with van der Waals surface area (Å²) in [4.78, 5) is 3.28. The molecule has 1 aliphatic rings. The number of fused-ring (bicyclic) bond motifs is 1. The van der Waals surface area contributed by atoms with E-state index >= 15 is 0 Å². The van der Waals surface area contributed by atoms with E-state index in [1.54, 1.807) is 54.6 Å². The van der Waals surface area contributed by atoms with Gasteiger partial charge in [-0.1, -0.05) is 36.4 Å². The van der Waals surface area contributed by atoms with E-state index in [4.69, 9.17) is 0 Å². The van der Waals surface area contributed by atoms with Gasteiger partial charge in [0.2, 0.25) is 0 Å². The lowest BCUT2D eigenvalue weighted by Crippen LogP contribution is -2.49. The monoisotopic (exact) mass is 521 g/mol. The van der Waals surface area contributed by atoms with E-state index in [2.05, 4.69) is 4.74 Å². The van der Waals surface area contributed by atoms with E-state index in [-0.39, 0.29) is 18.8 Å². The zero-order valence-corrected chi connectivity index (χ0v) is 19.2. The predicted octanol–water partition coefficient (Wildman–Crippen LogP) is 5.95. The minimum Gasteiger partial charge on any atom is -0.406 e. The second kappa shape index (κ2) is 10.2. The number of halogens is 6. The molecule has 194 valence electrons. The van der Waals surface area contributed by atoms with Crippen molar-refractivity contribution in [2.45, 2.75) is 31.2 Å². The molecule has 5 nitrogen and oxygen atoms in total. The summed E-state index contributed by atoms with van der Waals surface area (Å²) in [7, 11) is 0. The molecule has 1 unspecified atom stereocenters. The van der Waals surface area contributed by atoms with E-state index in [0.717, 1.165) is 0 Å². The Morgan fingerprint density at radius 1 is 0.946 bits per heavy atom. The second-order valence-corrected chi connectivity index (χ2v) is 8.53. The number of rotatable bonds is 6. The summed E-state index contributed by atoms with van der Waals surface area (Å²) in [5.74, 6) is -0.386. The fraction of sp³-hybridized carbons (Fsp3) is 0.269. The molecule has 11 heteroatoms. The van der Waals surface area contributed by atoms with Gasteiger partial charge in [-0.2, -0.15) is 18.4 Å². The number of hydrogen-bond acceptors (Lipinski definition) is 5. The number of ether oxygens (including phenoxy) is 1. The quantitative estimate of drug-likeness (QED) is 0.407. The third-order valence-corrected chi connectivity index (χ3v) is 5.95. The summed E-state index contributed by atoms with van der Waals surface area (Å²) in [6.45, 7) is -0.471. The van der Waals surface area contributed by atoms with Gasteiger partial charge in [0.15, 0.2) is 6.10 Å². The van der Waals surface area contributed by atoms with Gasteiger partial charge in [-0.15, -0.1) is 13.2 Å². The van der Waals surface area contributed by atoms with Crippen molar-refractivity contribution in [1.29, 1.82) is 5.26 Å². The van der Waals surface area contributed by atoms with Crippen molar-refractivity contribution in [2.24, 2.45) is 0 Å². The molecular formula is C26H21F6N3O2. The van der Waals surface area contributed by atoms with Crippen molar-refractivity contribution < 1.29 is 36.2 Å². The molecule has 1 N–H and O–H groups in total. The van der Waals surface area contributed by atoms with Crippen LogP contribution >= 0.6 is 0 Å². The summed E-state index contributed by atoms with van der Waals surface area (Å²) in [6, 6.07) is 19.9. The maximum Gasteiger partial charge on any atom is 0.573 e. The summed E-state index contributed by atoms with van der Waals surface area (Å²) in [5.41, 5.74) is 2.32. The minimum absolute atomic E-state index is 0.135. The number of nitrogens with zero attached hydrogens (tertiary/aromatic N) is 3. The van der Waals surface area contributed by atoms with Gasteiger partial charge in [-0.05, 0) is 47.5 Å². The molecule has 0 amide bonds. The second-order valence-electron chi connectivity index (χ2n) is 8.53. The Hall–Kier alpha value is -3.91. The molecule has 0 aromatic heterocycles. The topological polar surface area (TPSA) is 59.7 Å². The van der Waals surface area contributed by atoms with Crippen LogP contribution in [0.1, 0.15) is 22.7 Å². The predicted molar refractivity (Wildman–Crippen MR) is 124 cm³/mol. The van der Waals surface area contributed by atoms with E-state index in [9.17, 15) is 36.7 Å². The van der Waals surface area contributed by atoms with Crippen molar-refractivity contribution in [3.63, 3.8) is 0 Å². The summed E-state index contributed by atoms with van der Waals surface area (Å²) in [5, 5.41) is 19.2. The zero-order chi connectivity index (χ0) is 26.8. The normalized spacial score (nSPS) is 16.6. The first kappa shape index (κ1) is 26.2. The smallest absolute Gasteiger partial charge is 0.406 e. The SMILES string of the molecule is N#Cc1cccc(C2CN(Cc3cccc(OC(F)(F)F)c3)c3ccccc3N2C[C@@H](O)C(F)(F)F)c1. The Morgan fingerprint density at radius 2 is 1.65 bits per heavy atom. The number of β-amino-alcohol motifs (C(OH)–C–C–N with tert-alkyl or cyclic N) is 1. The van der Waals surface area contributed by atoms with Crippen molar-refractivity contribution in [1.82, 2.24) is 0 Å². The van der Waals surface area contributed by atoms with E-state index in [0.29, 0.717) is 28.1 Å². The molecule has 0 spiro atoms. The first-order valence-corrected chi connectivity index (χ1v) is 11.1. The summed E-state index contributed by atoms with van der Waals surface area (Å²) in [6.07, 6.45) is -12.3. The summed E-state index contributed by atoms with van der Waals surface area (Å²) >= 11 is 0. The number of aliphatic hydroxyl groups excluding tert-OH is 1. The highest BCUT2D eigenvalue weighted by Gasteiger charge is 2.42. The van der Waals surface area contributed by atoms with Crippen LogP contribution in [0.5, 0.6) is 5.75 Å². The molecule has 0 saturated heterocycles. The van der Waals surface area contributed by atoms with Gasteiger partial charge in [-0.25, -0.2) is 0 Å². The molecule has 0 saturated carbocycles. The largest absolute Gasteiger partial charge is 0.573 e. The molecule has 4 rings (SSSR count). The van der Waals surface area contributed by atoms with Crippen molar-refractivity contribution in [3.05, 3.63) is 89.5 Å². The highest BCUT2D eigenvalue weighted by molar-refractivity contribution is 5.75. The molecule has 0 radical (unpaired) electrons. The lowest BCUT2D eigenvalue weighted by atomic mass is 9.97. The average Bonchev–Trinajstić information content (AvgIpc) is 2.84. The molecule has 0 fully saturated rings. The van der Waals surface area contributed by atoms with Crippen molar-refractivity contribution in [2.75, 3.05) is 22.9 Å². The highest BCUT2D eigenvalue weighted by atomic mass is 19.4. The first-order valence-electron chi connectivity index (χ1n) is 11.1. The van der Waals surface area contributed by atoms with Crippen LogP contribution in [0.25, 0.3) is 0 Å². The maximum atomic E-state index is 13.3. The Labute approximate surface area is 208 Å². The van der Waals surface area contributed by atoms with Gasteiger partial charge in [-0.3, -0.25) is 0 Å². The van der Waals surface area contributed by atoms with Gasteiger partial charge >= 0.3 is 12.5 Å². The lowest BCUT2D eigenvalue weighted by Gasteiger charge is -2.45. The van der Waals surface area contributed by atoms with Gasteiger partial charge in [0.25, 0.3) is 0 Å². The maximum absolute atomic E-state index is 13.3. The fourth-order valence-electron chi connectivity index (χ4n) is 4.38. The van der Waals surface area contributed by atoms with Crippen LogP contribution in [0, 0.1) is 11.3 Å². The molecule has 1 aliphatic heterocycles. The van der Waals surface area contributed by atoms with Crippen LogP contribution in [0.4, 0.5) is 37.7 Å². The summed E-state index contributed by atoms with van der Waals surface area (Å²) < 4.78 is 82.1. The van der Waals surface area contributed by atoms with E-state index < -0.39 is 31.2 Å². The fourth-order valence-corrected chi connectivity index (χ4v) is 4.38. The van der Waals surface area contributed by atoms with Crippen LogP contribution in [-0.4, -0.2) is 36.8 Å². The van der Waals surface area contributed by atoms with E-state index in [1.807, 2.05) is 11.0 Å². The van der Waals surface area contributed by atoms with Gasteiger partial charge < -0.3 is 19.6 Å². The third kappa shape index (κ3) is 6.27. The van der Waals surface area contributed by atoms with Gasteiger partial charge in [0.05, 0.1) is 35.6 Å². The van der Waals surface area contributed by atoms with Gasteiger partial charge in [0.1, 0.15) is 5.75 Å². The van der Waals surface area contributed by atoms with E-state index in [1.165, 1.54) is 23.1 Å². The van der Waals surface area contributed by atoms with Crippen LogP contribution in [-0.2, 0) is 6.54 Å². The Balaban J connectivity index is 1.74. The molecule has 0 aliphatic carbocycles. The lowest BCUT2D eigenvalue weighted by molar-refractivity contribution is -0.274. The highest BCUT2D eigenvalue weighted by Crippen LogP contribution is 2.42. The average molecular weight is 521 g/mol. The van der Waals surface area contributed by atoms with Crippen molar-refractivity contribution >= 4 is 11.4 Å². The molecule has 3 aromatic carbocycles. The first-order chi connectivity index (χ1) is 17.4. The number of benzene rings is 3. The van der Waals surface area contributed by atoms with Crippen LogP contribution in [0.3, 0.4) is 0 Å². The third-order valence-electron chi connectivity index (χ3n) is 5.95. The van der Waals surface area contributed by atoms with Crippen molar-refractivity contribution in [3.8, 4) is 11.8 Å². The molecule has 37 heavy (non-hydrogen) atoms. The van der Waals surface area contributed by atoms with Crippen LogP contribution in [0.2, 0.25) is 0 Å². The zero-order valence-electron chi connectivity index (χ0n) is 19.2. The molecule has 0 bridgehead atoms. The number of alkyl halides is 6. The number of aliphatic hydroxyl groups is 1. The number of nitriles is 1. The molecule has 3 aromatic rings. The molecular weight excluding hydrogens is 500 g/mol. The number of anilines is 2. The molecule has 2 atom stereocenters. The molecule has 1 heterocycles. The Bertz CT molecular complexity index is 1290. The van der Waals surface area contributed by atoms with Crippen LogP contribution < -0.4 is 14.5 Å². The Kier molecular flexibility index (Phi) is 7.23. The van der Waals surface area contributed by atoms with Gasteiger partial charge in [0, 0.05) is 13.1 Å². The standard InChI is InChI=1S/C26H21F6N3O2/c27-25(28,29)24(36)16-35-22-10-2-1-9-21(22)34(15-23(35)19-7-3-5-17(11-19)13-33)14-18-6-4-8-20(12-18)37-26(30,31)32/h1-12,23-24,36H,14-16H2/t23?,24-/m1/s1. The number of hydrogen-bond donors (Lipinski definition) is 1. The Morgan fingerprint density at radius 3 is 2.32 bits per heavy atom. The minimum atomic E-state index is -4.85. The number of para-hydroxylation sites is 2. The van der Waals surface area contributed by atoms with Crippen LogP contribution in [0.15, 0.2) is 72.8 Å².